The molecule has 0 saturated carbocycles. The third kappa shape index (κ3) is 2.43. The van der Waals surface area contributed by atoms with Crippen molar-refractivity contribution < 1.29 is 0 Å². The number of hydrogen-bond acceptors (Lipinski definition) is 6. The zero-order valence-corrected chi connectivity index (χ0v) is 12.0. The second kappa shape index (κ2) is 5.55. The lowest BCUT2D eigenvalue weighted by atomic mass is 10.1. The molecule has 1 atom stereocenters. The van der Waals surface area contributed by atoms with E-state index in [4.69, 9.17) is 0 Å². The van der Waals surface area contributed by atoms with Crippen molar-refractivity contribution in [3.63, 3.8) is 0 Å². The monoisotopic (exact) mass is 296 g/mol. The second-order valence-corrected chi connectivity index (χ2v) is 5.31. The van der Waals surface area contributed by atoms with E-state index < -0.39 is 0 Å². The minimum atomic E-state index is 0.272. The minimum Gasteiger partial charge on any atom is -0.343 e. The van der Waals surface area contributed by atoms with Gasteiger partial charge in [-0.25, -0.2) is 19.6 Å². The minimum absolute atomic E-state index is 0.272. The van der Waals surface area contributed by atoms with Gasteiger partial charge in [0.15, 0.2) is 5.82 Å². The summed E-state index contributed by atoms with van der Waals surface area (Å²) < 4.78 is 1.92. The number of hydrogen-bond donors (Lipinski definition) is 1. The van der Waals surface area contributed by atoms with Crippen LogP contribution >= 0.6 is 0 Å². The number of H-pyrrole nitrogens is 1. The van der Waals surface area contributed by atoms with E-state index in [1.165, 1.54) is 0 Å². The molecule has 4 heterocycles. The first-order chi connectivity index (χ1) is 10.9. The quantitative estimate of drug-likeness (QED) is 0.783. The van der Waals surface area contributed by atoms with Crippen LogP contribution in [0.1, 0.15) is 18.9 Å². The molecule has 3 aromatic rings. The normalized spacial score (nSPS) is 18.5. The molecule has 1 fully saturated rings. The van der Waals surface area contributed by atoms with Gasteiger partial charge in [-0.3, -0.25) is 0 Å². The molecule has 22 heavy (non-hydrogen) atoms. The number of nitrogens with zero attached hydrogens (tertiary/aromatic N) is 7. The summed E-state index contributed by atoms with van der Waals surface area (Å²) >= 11 is 0. The first-order valence-electron chi connectivity index (χ1n) is 7.34. The van der Waals surface area contributed by atoms with Gasteiger partial charge in [-0.2, -0.15) is 0 Å². The first kappa shape index (κ1) is 12.9. The number of rotatable bonds is 3. The summed E-state index contributed by atoms with van der Waals surface area (Å²) in [4.78, 5) is 18.1. The Morgan fingerprint density at radius 3 is 2.86 bits per heavy atom. The van der Waals surface area contributed by atoms with Crippen molar-refractivity contribution in [2.45, 2.75) is 18.9 Å². The Bertz CT molecular complexity index is 720. The fourth-order valence-electron chi connectivity index (χ4n) is 2.78. The van der Waals surface area contributed by atoms with Crippen molar-refractivity contribution >= 4 is 5.95 Å². The Morgan fingerprint density at radius 2 is 2.05 bits per heavy atom. The molecule has 0 spiro atoms. The molecular weight excluding hydrogens is 280 g/mol. The Morgan fingerprint density at radius 1 is 1.14 bits per heavy atom. The lowest BCUT2D eigenvalue weighted by molar-refractivity contribution is 0.366. The highest BCUT2D eigenvalue weighted by Crippen LogP contribution is 2.24. The van der Waals surface area contributed by atoms with Crippen molar-refractivity contribution in [2.24, 2.45) is 0 Å². The van der Waals surface area contributed by atoms with Crippen LogP contribution < -0.4 is 4.90 Å². The predicted octanol–water partition coefficient (Wildman–Crippen LogP) is 1.30. The molecule has 1 N–H and O–H groups in total. The summed E-state index contributed by atoms with van der Waals surface area (Å²) in [5.74, 6) is 1.52. The number of nitrogens with one attached hydrogen (secondary N) is 1. The molecule has 1 saturated heterocycles. The summed E-state index contributed by atoms with van der Waals surface area (Å²) in [6, 6.07) is 2.10. The molecular formula is C14H16N8. The summed E-state index contributed by atoms with van der Waals surface area (Å²) in [6.45, 7) is 1.81. The first-order valence-corrected chi connectivity index (χ1v) is 7.34. The van der Waals surface area contributed by atoms with Gasteiger partial charge in [0.1, 0.15) is 5.69 Å². The van der Waals surface area contributed by atoms with E-state index in [9.17, 15) is 0 Å². The van der Waals surface area contributed by atoms with Crippen LogP contribution in [-0.4, -0.2) is 48.0 Å². The van der Waals surface area contributed by atoms with E-state index >= 15 is 0 Å². The number of aromatic amines is 1. The van der Waals surface area contributed by atoms with Crippen molar-refractivity contribution in [2.75, 3.05) is 18.0 Å². The molecule has 4 rings (SSSR count). The number of piperidine rings is 1. The van der Waals surface area contributed by atoms with Gasteiger partial charge in [-0.05, 0) is 18.9 Å². The van der Waals surface area contributed by atoms with Gasteiger partial charge in [0, 0.05) is 37.9 Å². The molecule has 0 bridgehead atoms. The van der Waals surface area contributed by atoms with E-state index in [1.54, 1.807) is 24.8 Å². The van der Waals surface area contributed by atoms with Gasteiger partial charge in [-0.15, -0.1) is 5.10 Å². The second-order valence-electron chi connectivity index (χ2n) is 5.31. The topological polar surface area (TPSA) is 88.4 Å². The van der Waals surface area contributed by atoms with E-state index in [2.05, 4.69) is 35.1 Å². The van der Waals surface area contributed by atoms with Crippen LogP contribution in [0.2, 0.25) is 0 Å². The molecule has 0 aliphatic carbocycles. The number of imidazole rings is 1. The molecule has 3 aromatic heterocycles. The average Bonchev–Trinajstić information content (AvgIpc) is 3.27. The third-order valence-corrected chi connectivity index (χ3v) is 3.86. The van der Waals surface area contributed by atoms with Crippen LogP contribution in [0.25, 0.3) is 11.5 Å². The van der Waals surface area contributed by atoms with Crippen LogP contribution in [0.5, 0.6) is 0 Å². The van der Waals surface area contributed by atoms with Gasteiger partial charge in [0.05, 0.1) is 12.2 Å². The molecule has 8 heteroatoms. The Hall–Kier alpha value is -2.77. The van der Waals surface area contributed by atoms with Crippen LogP contribution in [-0.2, 0) is 0 Å². The SMILES string of the molecule is c1cnc(N2CCC[C@@H](n3cc(-c4ncc[nH]4)nn3)C2)nc1. The average molecular weight is 296 g/mol. The van der Waals surface area contributed by atoms with Gasteiger partial charge < -0.3 is 9.88 Å². The van der Waals surface area contributed by atoms with Crippen molar-refractivity contribution in [3.05, 3.63) is 37.1 Å². The fraction of sp³-hybridized carbons (Fsp3) is 0.357. The van der Waals surface area contributed by atoms with Crippen molar-refractivity contribution in [1.82, 2.24) is 34.9 Å². The largest absolute Gasteiger partial charge is 0.343 e. The molecule has 112 valence electrons. The van der Waals surface area contributed by atoms with Gasteiger partial charge in [0.25, 0.3) is 0 Å². The molecule has 1 aliphatic rings. The molecule has 1 aliphatic heterocycles. The Balaban J connectivity index is 1.53. The highest BCUT2D eigenvalue weighted by atomic mass is 15.4. The predicted molar refractivity (Wildman–Crippen MR) is 80.1 cm³/mol. The lowest BCUT2D eigenvalue weighted by Crippen LogP contribution is -2.37. The summed E-state index contributed by atoms with van der Waals surface area (Å²) in [5.41, 5.74) is 0.762. The molecule has 0 aromatic carbocycles. The Labute approximate surface area is 127 Å². The third-order valence-electron chi connectivity index (χ3n) is 3.86. The maximum absolute atomic E-state index is 4.33. The molecule has 8 nitrogen and oxygen atoms in total. The highest BCUT2D eigenvalue weighted by molar-refractivity contribution is 5.45. The zero-order valence-electron chi connectivity index (χ0n) is 12.0. The smallest absolute Gasteiger partial charge is 0.225 e. The van der Waals surface area contributed by atoms with Crippen LogP contribution in [0.4, 0.5) is 5.95 Å². The van der Waals surface area contributed by atoms with Gasteiger partial charge in [-0.1, -0.05) is 5.21 Å². The highest BCUT2D eigenvalue weighted by Gasteiger charge is 2.24. The van der Waals surface area contributed by atoms with Crippen LogP contribution in [0, 0.1) is 0 Å². The van der Waals surface area contributed by atoms with Crippen molar-refractivity contribution in [1.29, 1.82) is 0 Å². The molecule has 0 amide bonds. The maximum Gasteiger partial charge on any atom is 0.225 e. The maximum atomic E-state index is 4.33. The molecule has 0 radical (unpaired) electrons. The molecule has 0 unspecified atom stereocenters. The van der Waals surface area contributed by atoms with Gasteiger partial charge in [0.2, 0.25) is 5.95 Å². The van der Waals surface area contributed by atoms with Crippen molar-refractivity contribution in [3.8, 4) is 11.5 Å². The number of aromatic nitrogens is 7. The summed E-state index contributed by atoms with van der Waals surface area (Å²) in [5, 5.41) is 8.46. The van der Waals surface area contributed by atoms with Gasteiger partial charge >= 0.3 is 0 Å². The van der Waals surface area contributed by atoms with E-state index in [0.29, 0.717) is 0 Å². The summed E-state index contributed by atoms with van der Waals surface area (Å²) in [7, 11) is 0. The lowest BCUT2D eigenvalue weighted by Gasteiger charge is -2.32. The van der Waals surface area contributed by atoms with E-state index in [-0.39, 0.29) is 6.04 Å². The Kier molecular flexibility index (Phi) is 3.26. The van der Waals surface area contributed by atoms with E-state index in [0.717, 1.165) is 43.4 Å². The zero-order chi connectivity index (χ0) is 14.8. The van der Waals surface area contributed by atoms with Crippen LogP contribution in [0.15, 0.2) is 37.1 Å². The number of anilines is 1. The van der Waals surface area contributed by atoms with E-state index in [1.807, 2.05) is 16.9 Å². The summed E-state index contributed by atoms with van der Waals surface area (Å²) in [6.07, 6.45) is 11.1. The standard InChI is InChI=1S/C14H16N8/c1-3-11(9-21(8-1)14-17-4-2-5-18-14)22-10-12(19-20-22)13-15-6-7-16-13/h2,4-7,10-11H,1,3,8-9H2,(H,15,16)/t11-/m1/s1. The fourth-order valence-corrected chi connectivity index (χ4v) is 2.78. The van der Waals surface area contributed by atoms with Crippen LogP contribution in [0.3, 0.4) is 0 Å².